The number of carbonyl (C=O) groups excluding carboxylic acids is 1. The quantitative estimate of drug-likeness (QED) is 0.358. The van der Waals surface area contributed by atoms with Gasteiger partial charge in [-0.25, -0.2) is 0 Å². The van der Waals surface area contributed by atoms with E-state index in [4.69, 9.17) is 23.4 Å². The minimum atomic E-state index is -2.11. The summed E-state index contributed by atoms with van der Waals surface area (Å²) in [4.78, 5) is 11.9. The first kappa shape index (κ1) is 28.5. The molecular weight excluding hydrogens is 476 g/mol. The molecule has 1 saturated heterocycles. The summed E-state index contributed by atoms with van der Waals surface area (Å²) >= 11 is 0. The molecule has 1 aliphatic rings. The van der Waals surface area contributed by atoms with Gasteiger partial charge < -0.3 is 28.5 Å². The molecule has 2 aromatic rings. The lowest BCUT2D eigenvalue weighted by molar-refractivity contribution is -0.307. The van der Waals surface area contributed by atoms with Crippen molar-refractivity contribution in [2.24, 2.45) is 0 Å². The van der Waals surface area contributed by atoms with Crippen molar-refractivity contribution in [1.82, 2.24) is 0 Å². The molecule has 36 heavy (non-hydrogen) atoms. The fourth-order valence-corrected chi connectivity index (χ4v) is 4.79. The average Bonchev–Trinajstić information content (AvgIpc) is 2.82. The number of aliphatic hydroxyl groups is 1. The lowest BCUT2D eigenvalue weighted by Gasteiger charge is -2.45. The number of hydrogen-bond donors (Lipinski definition) is 1. The Hall–Kier alpha value is -2.07. The van der Waals surface area contributed by atoms with Gasteiger partial charge >= 0.3 is 5.97 Å². The Morgan fingerprint density at radius 2 is 1.39 bits per heavy atom. The number of ether oxygens (including phenoxy) is 4. The van der Waals surface area contributed by atoms with Crippen LogP contribution in [0.1, 0.15) is 38.8 Å². The van der Waals surface area contributed by atoms with Crippen molar-refractivity contribution in [3.8, 4) is 0 Å². The van der Waals surface area contributed by atoms with E-state index in [9.17, 15) is 9.90 Å². The van der Waals surface area contributed by atoms with Crippen LogP contribution in [0.25, 0.3) is 0 Å². The van der Waals surface area contributed by atoms with E-state index in [0.717, 1.165) is 11.1 Å². The summed E-state index contributed by atoms with van der Waals surface area (Å²) in [5, 5.41) is 10.9. The summed E-state index contributed by atoms with van der Waals surface area (Å²) in [5.74, 6) is -0.534. The van der Waals surface area contributed by atoms with E-state index >= 15 is 0 Å². The Morgan fingerprint density at radius 3 is 1.86 bits per heavy atom. The summed E-state index contributed by atoms with van der Waals surface area (Å²) in [6.07, 6.45) is -4.46. The van der Waals surface area contributed by atoms with Crippen LogP contribution < -0.4 is 0 Å². The summed E-state index contributed by atoms with van der Waals surface area (Å²) < 4.78 is 30.6. The molecule has 0 radical (unpaired) electrons. The van der Waals surface area contributed by atoms with Crippen molar-refractivity contribution in [2.75, 3.05) is 6.61 Å². The Labute approximate surface area is 215 Å². The topological polar surface area (TPSA) is 83.5 Å². The summed E-state index contributed by atoms with van der Waals surface area (Å²) in [6.45, 7) is 12.9. The van der Waals surface area contributed by atoms with Gasteiger partial charge in [-0.15, -0.1) is 0 Å². The summed E-state index contributed by atoms with van der Waals surface area (Å²) in [5.41, 5.74) is 1.94. The lowest BCUT2D eigenvalue weighted by Crippen LogP contribution is -2.62. The van der Waals surface area contributed by atoms with E-state index in [1.807, 2.05) is 60.7 Å². The molecule has 2 aromatic carbocycles. The third-order valence-electron chi connectivity index (χ3n) is 6.90. The maximum Gasteiger partial charge on any atom is 0.303 e. The van der Waals surface area contributed by atoms with Crippen molar-refractivity contribution in [3.63, 3.8) is 0 Å². The molecule has 8 heteroatoms. The molecule has 0 saturated carbocycles. The van der Waals surface area contributed by atoms with Gasteiger partial charge in [0.15, 0.2) is 20.7 Å². The van der Waals surface area contributed by atoms with Crippen LogP contribution in [0.4, 0.5) is 0 Å². The van der Waals surface area contributed by atoms with Crippen LogP contribution in [0.2, 0.25) is 18.1 Å². The van der Waals surface area contributed by atoms with Crippen molar-refractivity contribution in [3.05, 3.63) is 71.8 Å². The highest BCUT2D eigenvalue weighted by Gasteiger charge is 2.50. The Morgan fingerprint density at radius 1 is 0.889 bits per heavy atom. The van der Waals surface area contributed by atoms with E-state index in [0.29, 0.717) is 6.61 Å². The van der Waals surface area contributed by atoms with Crippen molar-refractivity contribution in [2.45, 2.75) is 89.7 Å². The predicted molar refractivity (Wildman–Crippen MR) is 140 cm³/mol. The lowest BCUT2D eigenvalue weighted by atomic mass is 9.98. The number of benzene rings is 2. The van der Waals surface area contributed by atoms with E-state index < -0.39 is 45.0 Å². The molecule has 0 bridgehead atoms. The standard InChI is InChI=1S/C28H40O7Si/c1-20(29)34-26-25(32-18-22-15-11-8-12-16-22)24(31-17-21-13-9-7-10-14-21)23(35-27(26)30)19-33-36(5,6)28(2,3)4/h7-16,23-27,30H,17-19H2,1-6H3/t23-,24-,25+,26+,27?/m1/s1. The molecule has 1 heterocycles. The van der Waals surface area contributed by atoms with E-state index in [-0.39, 0.29) is 18.3 Å². The number of esters is 1. The van der Waals surface area contributed by atoms with Crippen LogP contribution in [0, 0.1) is 0 Å². The molecule has 1 fully saturated rings. The van der Waals surface area contributed by atoms with Crippen molar-refractivity contribution in [1.29, 1.82) is 0 Å². The molecular formula is C28H40O7Si. The third kappa shape index (κ3) is 7.71. The van der Waals surface area contributed by atoms with Gasteiger partial charge in [0.25, 0.3) is 0 Å². The molecule has 1 aliphatic heterocycles. The normalized spacial score (nSPS) is 24.9. The first-order valence-electron chi connectivity index (χ1n) is 12.4. The Kier molecular flexibility index (Phi) is 9.85. The SMILES string of the molecule is CC(=O)O[C@@H]1C(O)O[C@H](CO[Si](C)(C)C(C)(C)C)[C@@H](OCc2ccccc2)[C@@H]1OCc1ccccc1. The first-order chi connectivity index (χ1) is 17.0. The van der Waals surface area contributed by atoms with Crippen LogP contribution in [0.15, 0.2) is 60.7 Å². The molecule has 198 valence electrons. The van der Waals surface area contributed by atoms with Crippen LogP contribution in [0.5, 0.6) is 0 Å². The fraction of sp³-hybridized carbons (Fsp3) is 0.536. The van der Waals surface area contributed by atoms with E-state index in [1.54, 1.807) is 0 Å². The predicted octanol–water partition coefficient (Wildman–Crippen LogP) is 4.83. The molecule has 0 aliphatic carbocycles. The van der Waals surface area contributed by atoms with Gasteiger partial charge in [0.2, 0.25) is 0 Å². The number of hydrogen-bond acceptors (Lipinski definition) is 7. The van der Waals surface area contributed by atoms with Gasteiger partial charge in [0.1, 0.15) is 18.3 Å². The summed E-state index contributed by atoms with van der Waals surface area (Å²) in [6, 6.07) is 19.5. The van der Waals surface area contributed by atoms with E-state index in [1.165, 1.54) is 6.92 Å². The Bertz CT molecular complexity index is 945. The number of aliphatic hydroxyl groups excluding tert-OH is 1. The minimum Gasteiger partial charge on any atom is -0.454 e. The van der Waals surface area contributed by atoms with Gasteiger partial charge in [-0.1, -0.05) is 81.4 Å². The second-order valence-corrected chi connectivity index (χ2v) is 15.5. The molecule has 3 rings (SSSR count). The second kappa shape index (κ2) is 12.4. The van der Waals surface area contributed by atoms with Crippen molar-refractivity contribution >= 4 is 14.3 Å². The zero-order valence-corrected chi connectivity index (χ0v) is 23.2. The van der Waals surface area contributed by atoms with Crippen LogP contribution in [-0.2, 0) is 41.4 Å². The largest absolute Gasteiger partial charge is 0.454 e. The van der Waals surface area contributed by atoms with Gasteiger partial charge in [-0.3, -0.25) is 4.79 Å². The minimum absolute atomic E-state index is 0.00413. The fourth-order valence-electron chi connectivity index (χ4n) is 3.78. The van der Waals surface area contributed by atoms with Gasteiger partial charge in [-0.05, 0) is 29.3 Å². The monoisotopic (exact) mass is 516 g/mol. The highest BCUT2D eigenvalue weighted by molar-refractivity contribution is 6.74. The maximum atomic E-state index is 11.9. The molecule has 0 spiro atoms. The van der Waals surface area contributed by atoms with Crippen LogP contribution >= 0.6 is 0 Å². The van der Waals surface area contributed by atoms with E-state index in [2.05, 4.69) is 33.9 Å². The number of carbonyl (C=O) groups is 1. The molecule has 5 atom stereocenters. The molecule has 0 amide bonds. The van der Waals surface area contributed by atoms with Gasteiger partial charge in [-0.2, -0.15) is 0 Å². The molecule has 1 unspecified atom stereocenters. The first-order valence-corrected chi connectivity index (χ1v) is 15.3. The highest BCUT2D eigenvalue weighted by atomic mass is 28.4. The zero-order valence-electron chi connectivity index (χ0n) is 22.2. The zero-order chi connectivity index (χ0) is 26.3. The molecule has 1 N–H and O–H groups in total. The average molecular weight is 517 g/mol. The van der Waals surface area contributed by atoms with Gasteiger partial charge in [0.05, 0.1) is 19.8 Å². The smallest absolute Gasteiger partial charge is 0.303 e. The highest BCUT2D eigenvalue weighted by Crippen LogP contribution is 2.37. The maximum absolute atomic E-state index is 11.9. The number of rotatable bonds is 10. The van der Waals surface area contributed by atoms with Gasteiger partial charge in [0, 0.05) is 6.92 Å². The molecule has 0 aromatic heterocycles. The second-order valence-electron chi connectivity index (χ2n) is 10.7. The third-order valence-corrected chi connectivity index (χ3v) is 11.4. The Balaban J connectivity index is 1.87. The van der Waals surface area contributed by atoms with Crippen LogP contribution in [-0.4, -0.2) is 56.7 Å². The van der Waals surface area contributed by atoms with Crippen LogP contribution in [0.3, 0.4) is 0 Å². The van der Waals surface area contributed by atoms with Crippen molar-refractivity contribution < 1.29 is 33.3 Å². The summed E-state index contributed by atoms with van der Waals surface area (Å²) in [7, 11) is -2.11. The molecule has 7 nitrogen and oxygen atoms in total.